The number of nitrogens with one attached hydrogen (secondary N) is 1. The van der Waals surface area contributed by atoms with E-state index >= 15 is 0 Å². The van der Waals surface area contributed by atoms with E-state index in [0.29, 0.717) is 18.9 Å². The standard InChI is InChI=1S/C14H15N5O2S/c20-12(10-18-7-8-22-14(18)21)16-9-11-3-1-4-15-13(11)19-6-2-5-17-19/h1-6H,7-10H2,(H,16,20). The summed E-state index contributed by atoms with van der Waals surface area (Å²) >= 11 is 1.25. The van der Waals surface area contributed by atoms with Crippen molar-refractivity contribution in [1.29, 1.82) is 0 Å². The molecule has 1 saturated heterocycles. The van der Waals surface area contributed by atoms with Gasteiger partial charge in [0.15, 0.2) is 5.82 Å². The first-order valence-corrected chi connectivity index (χ1v) is 7.85. The van der Waals surface area contributed by atoms with Crippen LogP contribution in [0.25, 0.3) is 5.82 Å². The lowest BCUT2D eigenvalue weighted by molar-refractivity contribution is -0.121. The molecule has 22 heavy (non-hydrogen) atoms. The smallest absolute Gasteiger partial charge is 0.282 e. The topological polar surface area (TPSA) is 80.1 Å². The molecule has 8 heteroatoms. The predicted octanol–water partition coefficient (Wildman–Crippen LogP) is 1.05. The van der Waals surface area contributed by atoms with E-state index in [4.69, 9.17) is 0 Å². The van der Waals surface area contributed by atoms with Crippen molar-refractivity contribution < 1.29 is 9.59 Å². The Morgan fingerprint density at radius 3 is 3.00 bits per heavy atom. The Morgan fingerprint density at radius 2 is 2.27 bits per heavy atom. The van der Waals surface area contributed by atoms with E-state index in [9.17, 15) is 9.59 Å². The highest BCUT2D eigenvalue weighted by Crippen LogP contribution is 2.16. The third-order valence-electron chi connectivity index (χ3n) is 3.24. The molecular formula is C14H15N5O2S. The second kappa shape index (κ2) is 6.61. The summed E-state index contributed by atoms with van der Waals surface area (Å²) < 4.78 is 1.65. The van der Waals surface area contributed by atoms with Crippen molar-refractivity contribution in [3.63, 3.8) is 0 Å². The van der Waals surface area contributed by atoms with Crippen LogP contribution in [0.15, 0.2) is 36.8 Å². The van der Waals surface area contributed by atoms with Gasteiger partial charge in [-0.1, -0.05) is 17.8 Å². The molecule has 1 N–H and O–H groups in total. The summed E-state index contributed by atoms with van der Waals surface area (Å²) in [5.74, 6) is 1.25. The van der Waals surface area contributed by atoms with Gasteiger partial charge in [-0.05, 0) is 12.1 Å². The first kappa shape index (κ1) is 14.6. The second-order valence-corrected chi connectivity index (χ2v) is 5.80. The van der Waals surface area contributed by atoms with Crippen molar-refractivity contribution in [2.24, 2.45) is 0 Å². The summed E-state index contributed by atoms with van der Waals surface area (Å²) in [6.07, 6.45) is 5.16. The molecule has 0 spiro atoms. The van der Waals surface area contributed by atoms with Crippen LogP contribution in [0.4, 0.5) is 4.79 Å². The van der Waals surface area contributed by atoms with E-state index < -0.39 is 0 Å². The molecule has 0 aromatic carbocycles. The van der Waals surface area contributed by atoms with Crippen molar-refractivity contribution in [2.75, 3.05) is 18.8 Å². The summed E-state index contributed by atoms with van der Waals surface area (Å²) in [5.41, 5.74) is 0.863. The molecule has 2 amide bonds. The van der Waals surface area contributed by atoms with E-state index in [1.54, 1.807) is 28.2 Å². The van der Waals surface area contributed by atoms with Crippen molar-refractivity contribution in [3.05, 3.63) is 42.4 Å². The fraction of sp³-hybridized carbons (Fsp3) is 0.286. The molecule has 0 saturated carbocycles. The van der Waals surface area contributed by atoms with E-state index in [1.807, 2.05) is 18.2 Å². The van der Waals surface area contributed by atoms with Gasteiger partial charge in [0.25, 0.3) is 5.24 Å². The summed E-state index contributed by atoms with van der Waals surface area (Å²) in [4.78, 5) is 29.3. The number of carbonyl (C=O) groups excluding carboxylic acids is 2. The Labute approximate surface area is 131 Å². The summed E-state index contributed by atoms with van der Waals surface area (Å²) in [7, 11) is 0. The number of amides is 2. The van der Waals surface area contributed by atoms with E-state index in [-0.39, 0.29) is 17.7 Å². The average molecular weight is 317 g/mol. The van der Waals surface area contributed by atoms with Crippen molar-refractivity contribution in [1.82, 2.24) is 25.0 Å². The fourth-order valence-electron chi connectivity index (χ4n) is 2.16. The molecule has 1 aliphatic heterocycles. The fourth-order valence-corrected chi connectivity index (χ4v) is 2.99. The van der Waals surface area contributed by atoms with Gasteiger partial charge in [0.1, 0.15) is 6.54 Å². The maximum Gasteiger partial charge on any atom is 0.282 e. The van der Waals surface area contributed by atoms with E-state index in [1.165, 1.54) is 11.8 Å². The van der Waals surface area contributed by atoms with Crippen molar-refractivity contribution >= 4 is 22.9 Å². The molecule has 1 fully saturated rings. The van der Waals surface area contributed by atoms with E-state index in [0.717, 1.165) is 11.3 Å². The number of hydrogen-bond acceptors (Lipinski definition) is 5. The van der Waals surface area contributed by atoms with Gasteiger partial charge in [0, 0.05) is 43.0 Å². The number of carbonyl (C=O) groups is 2. The molecule has 0 atom stereocenters. The molecule has 2 aromatic heterocycles. The number of thioether (sulfide) groups is 1. The van der Waals surface area contributed by atoms with Gasteiger partial charge >= 0.3 is 0 Å². The summed E-state index contributed by atoms with van der Waals surface area (Å²) in [6.45, 7) is 1.07. The van der Waals surface area contributed by atoms with Gasteiger partial charge in [-0.2, -0.15) is 5.10 Å². The van der Waals surface area contributed by atoms with Gasteiger partial charge < -0.3 is 10.2 Å². The highest BCUT2D eigenvalue weighted by molar-refractivity contribution is 8.13. The van der Waals surface area contributed by atoms with Gasteiger partial charge in [-0.3, -0.25) is 9.59 Å². The average Bonchev–Trinajstić information content (AvgIpc) is 3.18. The minimum absolute atomic E-state index is 0.0336. The minimum atomic E-state index is -0.175. The lowest BCUT2D eigenvalue weighted by atomic mass is 10.2. The van der Waals surface area contributed by atoms with Crippen LogP contribution in [0.3, 0.4) is 0 Å². The first-order chi connectivity index (χ1) is 10.7. The van der Waals surface area contributed by atoms with Crippen LogP contribution in [0.5, 0.6) is 0 Å². The van der Waals surface area contributed by atoms with Crippen LogP contribution in [-0.4, -0.2) is 49.7 Å². The number of hydrogen-bond donors (Lipinski definition) is 1. The van der Waals surface area contributed by atoms with Crippen molar-refractivity contribution in [3.8, 4) is 5.82 Å². The van der Waals surface area contributed by atoms with E-state index in [2.05, 4.69) is 15.4 Å². The Kier molecular flexibility index (Phi) is 4.38. The Bertz CT molecular complexity index is 674. The van der Waals surface area contributed by atoms with Crippen LogP contribution < -0.4 is 5.32 Å². The molecule has 0 unspecified atom stereocenters. The maximum atomic E-state index is 12.0. The maximum absolute atomic E-state index is 12.0. The zero-order valence-electron chi connectivity index (χ0n) is 11.8. The lowest BCUT2D eigenvalue weighted by Crippen LogP contribution is -2.37. The third kappa shape index (κ3) is 3.28. The van der Waals surface area contributed by atoms with Crippen LogP contribution in [0, 0.1) is 0 Å². The highest BCUT2D eigenvalue weighted by Gasteiger charge is 2.23. The Hall–Kier alpha value is -2.35. The molecular weight excluding hydrogens is 302 g/mol. The predicted molar refractivity (Wildman–Crippen MR) is 82.6 cm³/mol. The first-order valence-electron chi connectivity index (χ1n) is 6.86. The second-order valence-electron chi connectivity index (χ2n) is 4.75. The number of pyridine rings is 1. The third-order valence-corrected chi connectivity index (χ3v) is 4.14. The molecule has 0 aliphatic carbocycles. The van der Waals surface area contributed by atoms with Crippen LogP contribution >= 0.6 is 11.8 Å². The number of nitrogens with zero attached hydrogens (tertiary/aromatic N) is 4. The quantitative estimate of drug-likeness (QED) is 0.891. The molecule has 2 aromatic rings. The van der Waals surface area contributed by atoms with Crippen molar-refractivity contribution in [2.45, 2.75) is 6.54 Å². The molecule has 0 bridgehead atoms. The molecule has 3 heterocycles. The lowest BCUT2D eigenvalue weighted by Gasteiger charge is -2.14. The zero-order valence-corrected chi connectivity index (χ0v) is 12.6. The Morgan fingerprint density at radius 1 is 1.36 bits per heavy atom. The normalized spacial score (nSPS) is 14.4. The minimum Gasteiger partial charge on any atom is -0.350 e. The van der Waals surface area contributed by atoms with Gasteiger partial charge in [0.05, 0.1) is 0 Å². The zero-order chi connectivity index (χ0) is 15.4. The van der Waals surface area contributed by atoms with Gasteiger partial charge in [-0.25, -0.2) is 9.67 Å². The SMILES string of the molecule is O=C(CN1CCSC1=O)NCc1cccnc1-n1cccn1. The molecule has 114 valence electrons. The van der Waals surface area contributed by atoms with Crippen LogP contribution in [0.1, 0.15) is 5.56 Å². The largest absolute Gasteiger partial charge is 0.350 e. The van der Waals surface area contributed by atoms with Gasteiger partial charge in [0.2, 0.25) is 5.91 Å². The van der Waals surface area contributed by atoms with Crippen LogP contribution in [0.2, 0.25) is 0 Å². The Balaban J connectivity index is 1.62. The number of rotatable bonds is 5. The van der Waals surface area contributed by atoms with Gasteiger partial charge in [-0.15, -0.1) is 0 Å². The molecule has 0 radical (unpaired) electrons. The number of aromatic nitrogens is 3. The molecule has 3 rings (SSSR count). The molecule has 1 aliphatic rings. The summed E-state index contributed by atoms with van der Waals surface area (Å²) in [5, 5.41) is 6.95. The summed E-state index contributed by atoms with van der Waals surface area (Å²) in [6, 6.07) is 5.52. The highest BCUT2D eigenvalue weighted by atomic mass is 32.2. The monoisotopic (exact) mass is 317 g/mol. The van der Waals surface area contributed by atoms with Crippen LogP contribution in [-0.2, 0) is 11.3 Å². The molecule has 7 nitrogen and oxygen atoms in total.